The van der Waals surface area contributed by atoms with Gasteiger partial charge in [0.25, 0.3) is 10.0 Å². The predicted molar refractivity (Wildman–Crippen MR) is 152 cm³/mol. The van der Waals surface area contributed by atoms with E-state index in [1.807, 2.05) is 70.2 Å². The number of amides is 2. The van der Waals surface area contributed by atoms with Crippen molar-refractivity contribution in [2.24, 2.45) is 0 Å². The summed E-state index contributed by atoms with van der Waals surface area (Å²) in [5.74, 6) is -0.682. The molecule has 0 radical (unpaired) electrons. The molecule has 202 valence electrons. The fraction of sp³-hybridized carbons (Fsp3) is 0.333. The number of hydrogen-bond acceptors (Lipinski definition) is 4. The predicted octanol–water partition coefficient (Wildman–Crippen LogP) is 4.48. The first-order valence-electron chi connectivity index (χ1n) is 12.9. The Hall–Kier alpha value is -3.65. The minimum absolute atomic E-state index is 0.103. The van der Waals surface area contributed by atoms with Gasteiger partial charge in [-0.25, -0.2) is 8.42 Å². The number of nitrogens with zero attached hydrogens (tertiary/aromatic N) is 2. The minimum atomic E-state index is -4.07. The van der Waals surface area contributed by atoms with Gasteiger partial charge in [0.05, 0.1) is 10.6 Å². The third kappa shape index (κ3) is 7.01. The highest BCUT2D eigenvalue weighted by Crippen LogP contribution is 2.27. The van der Waals surface area contributed by atoms with Crippen molar-refractivity contribution < 1.29 is 18.0 Å². The van der Waals surface area contributed by atoms with Crippen LogP contribution in [0.3, 0.4) is 0 Å². The van der Waals surface area contributed by atoms with E-state index >= 15 is 0 Å². The van der Waals surface area contributed by atoms with Crippen LogP contribution in [0, 0.1) is 13.8 Å². The van der Waals surface area contributed by atoms with E-state index in [9.17, 15) is 18.0 Å². The van der Waals surface area contributed by atoms with Gasteiger partial charge in [-0.3, -0.25) is 13.9 Å². The van der Waals surface area contributed by atoms with Crippen LogP contribution in [0.25, 0.3) is 0 Å². The van der Waals surface area contributed by atoms with Crippen LogP contribution in [0.4, 0.5) is 5.69 Å². The summed E-state index contributed by atoms with van der Waals surface area (Å²) in [7, 11) is -4.07. The molecule has 0 heterocycles. The number of sulfonamides is 1. The lowest BCUT2D eigenvalue weighted by Crippen LogP contribution is -2.53. The fourth-order valence-corrected chi connectivity index (χ4v) is 5.86. The fourth-order valence-electron chi connectivity index (χ4n) is 4.38. The van der Waals surface area contributed by atoms with E-state index in [0.29, 0.717) is 25.1 Å². The summed E-state index contributed by atoms with van der Waals surface area (Å²) < 4.78 is 28.9. The number of hydrogen-bond donors (Lipinski definition) is 1. The second-order valence-electron chi connectivity index (χ2n) is 9.25. The topological polar surface area (TPSA) is 86.8 Å². The van der Waals surface area contributed by atoms with E-state index in [4.69, 9.17) is 0 Å². The maximum absolute atomic E-state index is 13.9. The first-order chi connectivity index (χ1) is 18.2. The molecule has 38 heavy (non-hydrogen) atoms. The number of para-hydroxylation sites is 1. The highest BCUT2D eigenvalue weighted by Gasteiger charge is 2.33. The molecule has 0 aromatic heterocycles. The van der Waals surface area contributed by atoms with E-state index in [1.165, 1.54) is 4.90 Å². The largest absolute Gasteiger partial charge is 0.355 e. The third-order valence-corrected chi connectivity index (χ3v) is 8.27. The summed E-state index contributed by atoms with van der Waals surface area (Å²) in [6, 6.07) is 22.7. The van der Waals surface area contributed by atoms with Crippen molar-refractivity contribution in [1.82, 2.24) is 10.2 Å². The summed E-state index contributed by atoms with van der Waals surface area (Å²) in [6.45, 7) is 7.67. The molecule has 3 rings (SSSR count). The van der Waals surface area contributed by atoms with Gasteiger partial charge in [0, 0.05) is 13.1 Å². The van der Waals surface area contributed by atoms with Gasteiger partial charge >= 0.3 is 0 Å². The number of anilines is 1. The molecule has 0 aliphatic heterocycles. The van der Waals surface area contributed by atoms with Crippen LogP contribution in [0.15, 0.2) is 83.8 Å². The van der Waals surface area contributed by atoms with Gasteiger partial charge in [-0.15, -0.1) is 0 Å². The normalized spacial score (nSPS) is 12.0. The highest BCUT2D eigenvalue weighted by molar-refractivity contribution is 7.92. The molecule has 7 nitrogen and oxygen atoms in total. The van der Waals surface area contributed by atoms with Crippen LogP contribution < -0.4 is 9.62 Å². The molecule has 8 heteroatoms. The molecule has 0 saturated carbocycles. The molecule has 3 aromatic rings. The highest BCUT2D eigenvalue weighted by atomic mass is 32.2. The number of carbonyl (C=O) groups is 2. The van der Waals surface area contributed by atoms with Crippen LogP contribution in [0.2, 0.25) is 0 Å². The van der Waals surface area contributed by atoms with Gasteiger partial charge in [-0.05, 0) is 62.9 Å². The van der Waals surface area contributed by atoms with Gasteiger partial charge in [0.1, 0.15) is 12.6 Å². The zero-order chi connectivity index (χ0) is 27.7. The van der Waals surface area contributed by atoms with Gasteiger partial charge in [0.15, 0.2) is 0 Å². The quantitative estimate of drug-likeness (QED) is 0.370. The molecule has 0 unspecified atom stereocenters. The van der Waals surface area contributed by atoms with Crippen molar-refractivity contribution in [3.63, 3.8) is 0 Å². The molecule has 0 aliphatic rings. The Morgan fingerprint density at radius 1 is 0.868 bits per heavy atom. The lowest BCUT2D eigenvalue weighted by atomic mass is 10.1. The molecule has 0 spiro atoms. The monoisotopic (exact) mass is 535 g/mol. The molecule has 0 saturated heterocycles. The number of aryl methyl sites for hydroxylation is 2. The van der Waals surface area contributed by atoms with E-state index in [1.54, 1.807) is 36.4 Å². The van der Waals surface area contributed by atoms with Crippen molar-refractivity contribution in [2.45, 2.75) is 51.5 Å². The SMILES string of the molecule is CCNC(=O)[C@H](CC)N(CCc1ccccc1)C(=O)CN(c1ccccc1C)S(=O)(=O)c1ccc(C)cc1. The molecular formula is C30H37N3O4S. The van der Waals surface area contributed by atoms with E-state index in [-0.39, 0.29) is 17.3 Å². The molecular weight excluding hydrogens is 498 g/mol. The number of benzene rings is 3. The summed E-state index contributed by atoms with van der Waals surface area (Å²) in [5.41, 5.74) is 3.11. The van der Waals surface area contributed by atoms with Crippen LogP contribution in [-0.4, -0.2) is 50.8 Å². The van der Waals surface area contributed by atoms with Gasteiger partial charge in [-0.2, -0.15) is 0 Å². The number of carbonyl (C=O) groups excluding carboxylic acids is 2. The van der Waals surface area contributed by atoms with Crippen LogP contribution >= 0.6 is 0 Å². The molecule has 2 amide bonds. The Balaban J connectivity index is 2.01. The molecule has 0 fully saturated rings. The Kier molecular flexibility index (Phi) is 10.1. The Morgan fingerprint density at radius 2 is 1.50 bits per heavy atom. The van der Waals surface area contributed by atoms with Crippen LogP contribution in [0.1, 0.15) is 37.0 Å². The van der Waals surface area contributed by atoms with Gasteiger partial charge < -0.3 is 10.2 Å². The Bertz CT molecular complexity index is 1330. The first kappa shape index (κ1) is 28.9. The molecule has 1 atom stereocenters. The summed E-state index contributed by atoms with van der Waals surface area (Å²) >= 11 is 0. The van der Waals surface area contributed by atoms with Crippen molar-refractivity contribution in [1.29, 1.82) is 0 Å². The van der Waals surface area contributed by atoms with Gasteiger partial charge in [0.2, 0.25) is 11.8 Å². The number of rotatable bonds is 12. The smallest absolute Gasteiger partial charge is 0.264 e. The van der Waals surface area contributed by atoms with E-state index < -0.39 is 28.5 Å². The first-order valence-corrected chi connectivity index (χ1v) is 14.4. The second kappa shape index (κ2) is 13.2. The lowest BCUT2D eigenvalue weighted by molar-refractivity contribution is -0.139. The van der Waals surface area contributed by atoms with Crippen LogP contribution in [0.5, 0.6) is 0 Å². The summed E-state index contributed by atoms with van der Waals surface area (Å²) in [6.07, 6.45) is 0.943. The Labute approximate surface area is 226 Å². The van der Waals surface area contributed by atoms with Crippen molar-refractivity contribution in [2.75, 3.05) is 23.9 Å². The second-order valence-corrected chi connectivity index (χ2v) is 11.1. The van der Waals surface area contributed by atoms with Crippen molar-refractivity contribution >= 4 is 27.5 Å². The minimum Gasteiger partial charge on any atom is -0.355 e. The summed E-state index contributed by atoms with van der Waals surface area (Å²) in [4.78, 5) is 28.5. The van der Waals surface area contributed by atoms with Crippen LogP contribution in [-0.2, 0) is 26.0 Å². The average molecular weight is 536 g/mol. The third-order valence-electron chi connectivity index (χ3n) is 6.49. The molecule has 1 N–H and O–H groups in total. The standard InChI is InChI=1S/C30H37N3O4S/c1-5-27(30(35)31-6-2)32(21-20-25-13-8-7-9-14-25)29(34)22-33(28-15-11-10-12-24(28)4)38(36,37)26-18-16-23(3)17-19-26/h7-19,27H,5-6,20-22H2,1-4H3,(H,31,35)/t27-/m0/s1. The molecule has 0 bridgehead atoms. The van der Waals surface area contributed by atoms with E-state index in [2.05, 4.69) is 5.32 Å². The molecule has 0 aliphatic carbocycles. The lowest BCUT2D eigenvalue weighted by Gasteiger charge is -2.33. The average Bonchev–Trinajstić information content (AvgIpc) is 2.91. The zero-order valence-electron chi connectivity index (χ0n) is 22.6. The Morgan fingerprint density at radius 3 is 2.11 bits per heavy atom. The number of nitrogens with one attached hydrogen (secondary N) is 1. The molecule has 3 aromatic carbocycles. The zero-order valence-corrected chi connectivity index (χ0v) is 23.4. The number of likely N-dealkylation sites (N-methyl/N-ethyl adjacent to an activating group) is 1. The van der Waals surface area contributed by atoms with E-state index in [0.717, 1.165) is 21.0 Å². The summed E-state index contributed by atoms with van der Waals surface area (Å²) in [5, 5.41) is 2.82. The maximum atomic E-state index is 13.9. The maximum Gasteiger partial charge on any atom is 0.264 e. The van der Waals surface area contributed by atoms with Gasteiger partial charge in [-0.1, -0.05) is 73.2 Å². The van der Waals surface area contributed by atoms with Crippen molar-refractivity contribution in [3.05, 3.63) is 95.6 Å². The van der Waals surface area contributed by atoms with Crippen molar-refractivity contribution in [3.8, 4) is 0 Å².